The van der Waals surface area contributed by atoms with Crippen molar-refractivity contribution in [2.75, 3.05) is 19.8 Å². The molecule has 8 nitrogen and oxygen atoms in total. The molecule has 0 aromatic heterocycles. The fraction of sp³-hybridized carbons (Fsp3) is 0.781. The van der Waals surface area contributed by atoms with Gasteiger partial charge in [-0.25, -0.2) is 14.4 Å². The van der Waals surface area contributed by atoms with E-state index in [9.17, 15) is 19.5 Å². The van der Waals surface area contributed by atoms with Crippen LogP contribution in [0.2, 0.25) is 0 Å². The molecule has 1 unspecified atom stereocenters. The number of carbonyl (C=O) groups excluding carboxylic acids is 2. The third kappa shape index (κ3) is 5.92. The second-order valence-corrected chi connectivity index (χ2v) is 13.1. The summed E-state index contributed by atoms with van der Waals surface area (Å²) in [4.78, 5) is 36.4. The first-order chi connectivity index (χ1) is 19.0. The topological polar surface area (TPSA) is 114 Å². The van der Waals surface area contributed by atoms with Crippen LogP contribution >= 0.6 is 0 Å². The van der Waals surface area contributed by atoms with Crippen molar-refractivity contribution in [2.24, 2.45) is 33.5 Å². The largest absolute Gasteiger partial charge is 0.480 e. The molecule has 7 atom stereocenters. The summed E-state index contributed by atoms with van der Waals surface area (Å²) in [6, 6.07) is -1.04. The van der Waals surface area contributed by atoms with E-state index in [2.05, 4.69) is 62.0 Å². The van der Waals surface area contributed by atoms with Crippen LogP contribution in [0.15, 0.2) is 0 Å². The van der Waals surface area contributed by atoms with Gasteiger partial charge in [-0.2, -0.15) is 0 Å². The summed E-state index contributed by atoms with van der Waals surface area (Å²) in [6.07, 6.45) is 7.76. The predicted octanol–water partition coefficient (Wildman–Crippen LogP) is 5.50. The molecule has 4 rings (SSSR count). The number of carboxylic acids is 1. The number of ether oxygens (including phenoxy) is 2. The highest BCUT2D eigenvalue weighted by atomic mass is 16.6. The quantitative estimate of drug-likeness (QED) is 0.230. The van der Waals surface area contributed by atoms with Crippen LogP contribution in [0.5, 0.6) is 0 Å². The molecule has 8 heteroatoms. The first-order valence-electron chi connectivity index (χ1n) is 15.0. The maximum Gasteiger partial charge on any atom is 0.407 e. The average Bonchev–Trinajstić information content (AvgIpc) is 3.54. The fourth-order valence-corrected chi connectivity index (χ4v) is 7.84. The molecule has 0 aliphatic heterocycles. The molecule has 2 saturated carbocycles. The highest BCUT2D eigenvalue weighted by Gasteiger charge is 2.70. The van der Waals surface area contributed by atoms with E-state index in [0.717, 1.165) is 51.4 Å². The number of hydrogen-bond acceptors (Lipinski definition) is 5. The fourth-order valence-electron chi connectivity index (χ4n) is 7.84. The molecule has 0 saturated heterocycles. The molecule has 4 aliphatic carbocycles. The third-order valence-corrected chi connectivity index (χ3v) is 11.4. The Kier molecular flexibility index (Phi) is 8.98. The minimum atomic E-state index is -1.10. The summed E-state index contributed by atoms with van der Waals surface area (Å²) in [5.41, 5.74) is 0.540. The number of carboxylic acid groups (broad SMARTS) is 1. The zero-order valence-corrected chi connectivity index (χ0v) is 24.6. The third-order valence-electron chi connectivity index (χ3n) is 11.4. The Morgan fingerprint density at radius 1 is 0.750 bits per heavy atom. The molecule has 0 bridgehead atoms. The molecule has 220 valence electrons. The Balaban J connectivity index is 1.10. The van der Waals surface area contributed by atoms with Gasteiger partial charge in [0.15, 0.2) is 0 Å². The van der Waals surface area contributed by atoms with Gasteiger partial charge in [0.1, 0.15) is 6.04 Å². The zero-order chi connectivity index (χ0) is 29.0. The van der Waals surface area contributed by atoms with Crippen molar-refractivity contribution >= 4 is 18.2 Å². The van der Waals surface area contributed by atoms with Gasteiger partial charge in [0.25, 0.3) is 0 Å². The van der Waals surface area contributed by atoms with Crippen molar-refractivity contribution in [1.82, 2.24) is 10.6 Å². The number of carbonyl (C=O) groups is 3. The van der Waals surface area contributed by atoms with Gasteiger partial charge in [-0.1, -0.05) is 27.7 Å². The molecular formula is C32H46N2O6. The smallest absolute Gasteiger partial charge is 0.407 e. The molecule has 4 aliphatic rings. The average molecular weight is 555 g/mol. The lowest BCUT2D eigenvalue weighted by Crippen LogP contribution is -2.41. The Bertz CT molecular complexity index is 1070. The number of fused-ring (bicyclic) bond motifs is 2. The van der Waals surface area contributed by atoms with Crippen LogP contribution in [0.4, 0.5) is 9.59 Å². The molecule has 0 aromatic rings. The van der Waals surface area contributed by atoms with Crippen molar-refractivity contribution in [3.63, 3.8) is 0 Å². The van der Waals surface area contributed by atoms with Crippen molar-refractivity contribution in [2.45, 2.75) is 104 Å². The van der Waals surface area contributed by atoms with Gasteiger partial charge in [0.05, 0.1) is 13.2 Å². The SMILES string of the molecule is C[C@@]12CCC#CCC[C@]1(C)[C@@H]2COC(=O)NCCCCC(NC(=O)OC[C@@H]1[C@]2(C)CCC#CCC[C@]12C)C(=O)O. The second-order valence-electron chi connectivity index (χ2n) is 13.1. The molecule has 0 heterocycles. The van der Waals surface area contributed by atoms with Gasteiger partial charge in [0.2, 0.25) is 0 Å². The molecule has 0 spiro atoms. The summed E-state index contributed by atoms with van der Waals surface area (Å²) < 4.78 is 11.0. The van der Waals surface area contributed by atoms with E-state index < -0.39 is 24.2 Å². The van der Waals surface area contributed by atoms with Crippen LogP contribution in [0, 0.1) is 57.2 Å². The lowest BCUT2D eigenvalue weighted by Gasteiger charge is -2.17. The maximum absolute atomic E-state index is 12.4. The lowest BCUT2D eigenvalue weighted by atomic mass is 9.87. The first kappa shape index (κ1) is 30.1. The highest BCUT2D eigenvalue weighted by molar-refractivity contribution is 5.79. The number of aliphatic carboxylic acids is 1. The standard InChI is InChI=1S/C32H46N2O6/c1-29-16-10-5-6-11-17-30(29,2)24(29)21-39-27(37)33-20-14-9-15-23(26(35)36)34-28(38)40-22-25-31(3)18-12-7-8-13-19-32(25,31)4/h23-25H,9-22H2,1-4H3,(H,33,37)(H,34,38)(H,35,36)/t23?,24-,25-,29+,30-,31+,32-. The van der Waals surface area contributed by atoms with Gasteiger partial charge < -0.3 is 25.2 Å². The van der Waals surface area contributed by atoms with Crippen LogP contribution < -0.4 is 10.6 Å². The monoisotopic (exact) mass is 554 g/mol. The summed E-state index contributed by atoms with van der Waals surface area (Å²) >= 11 is 0. The van der Waals surface area contributed by atoms with Crippen molar-refractivity contribution in [3.05, 3.63) is 0 Å². The Morgan fingerprint density at radius 3 is 1.60 bits per heavy atom. The van der Waals surface area contributed by atoms with Gasteiger partial charge in [-0.05, 0) is 66.6 Å². The van der Waals surface area contributed by atoms with E-state index in [1.165, 1.54) is 0 Å². The maximum atomic E-state index is 12.4. The second kappa shape index (κ2) is 11.9. The zero-order valence-electron chi connectivity index (χ0n) is 24.6. The first-order valence-corrected chi connectivity index (χ1v) is 15.0. The number of alkyl carbamates (subject to hydrolysis) is 2. The highest BCUT2D eigenvalue weighted by Crippen LogP contribution is 2.74. The molecule has 2 fully saturated rings. The summed E-state index contributed by atoms with van der Waals surface area (Å²) in [6.45, 7) is 10.1. The molecule has 40 heavy (non-hydrogen) atoms. The van der Waals surface area contributed by atoms with Crippen molar-refractivity contribution in [3.8, 4) is 23.7 Å². The van der Waals surface area contributed by atoms with E-state index in [1.807, 2.05) is 0 Å². The Labute approximate surface area is 239 Å². The predicted molar refractivity (Wildman–Crippen MR) is 151 cm³/mol. The van der Waals surface area contributed by atoms with Gasteiger partial charge >= 0.3 is 18.2 Å². The van der Waals surface area contributed by atoms with Gasteiger partial charge in [-0.15, -0.1) is 23.7 Å². The van der Waals surface area contributed by atoms with Crippen LogP contribution in [0.3, 0.4) is 0 Å². The number of hydrogen-bond donors (Lipinski definition) is 3. The minimum Gasteiger partial charge on any atom is -0.480 e. The Morgan fingerprint density at radius 2 is 1.18 bits per heavy atom. The molecular weight excluding hydrogens is 508 g/mol. The lowest BCUT2D eigenvalue weighted by molar-refractivity contribution is -0.139. The van der Waals surface area contributed by atoms with E-state index in [0.29, 0.717) is 31.9 Å². The van der Waals surface area contributed by atoms with Crippen LogP contribution in [0.1, 0.15) is 98.3 Å². The normalized spacial score (nSPS) is 36.0. The van der Waals surface area contributed by atoms with E-state index in [4.69, 9.17) is 9.47 Å². The van der Waals surface area contributed by atoms with Gasteiger partial charge in [-0.3, -0.25) is 0 Å². The van der Waals surface area contributed by atoms with Crippen LogP contribution in [-0.4, -0.2) is 49.1 Å². The van der Waals surface area contributed by atoms with Crippen molar-refractivity contribution in [1.29, 1.82) is 0 Å². The Hall–Kier alpha value is -2.87. The minimum absolute atomic E-state index is 0.100. The molecule has 2 amide bonds. The van der Waals surface area contributed by atoms with E-state index in [-0.39, 0.29) is 40.6 Å². The van der Waals surface area contributed by atoms with Gasteiger partial charge in [0, 0.05) is 44.1 Å². The summed E-state index contributed by atoms with van der Waals surface area (Å²) in [5.74, 6) is 12.4. The molecule has 0 aromatic carbocycles. The number of nitrogens with one attached hydrogen (secondary N) is 2. The number of rotatable bonds is 11. The molecule has 3 N–H and O–H groups in total. The molecule has 0 radical (unpaired) electrons. The number of amides is 2. The van der Waals surface area contributed by atoms with E-state index >= 15 is 0 Å². The number of unbranched alkanes of at least 4 members (excludes halogenated alkanes) is 1. The van der Waals surface area contributed by atoms with Crippen molar-refractivity contribution < 1.29 is 29.0 Å². The van der Waals surface area contributed by atoms with E-state index in [1.54, 1.807) is 0 Å². The van der Waals surface area contributed by atoms with Crippen LogP contribution in [0.25, 0.3) is 0 Å². The van der Waals surface area contributed by atoms with Crippen LogP contribution in [-0.2, 0) is 14.3 Å². The summed E-state index contributed by atoms with van der Waals surface area (Å²) in [5, 5.41) is 14.9. The summed E-state index contributed by atoms with van der Waals surface area (Å²) in [7, 11) is 0.